The van der Waals surface area contributed by atoms with Gasteiger partial charge in [0.2, 0.25) is 0 Å². The van der Waals surface area contributed by atoms with E-state index in [-0.39, 0.29) is 30.0 Å². The Morgan fingerprint density at radius 2 is 2.07 bits per heavy atom. The maximum absolute atomic E-state index is 12.3. The smallest absolute Gasteiger partial charge is 0.273 e. The Kier molecular flexibility index (Phi) is 6.16. The Morgan fingerprint density at radius 3 is 2.82 bits per heavy atom. The normalized spacial score (nSPS) is 11.6. The summed E-state index contributed by atoms with van der Waals surface area (Å²) in [6, 6.07) is 12.2. The number of carbonyl (C=O) groups is 2. The molecule has 28 heavy (non-hydrogen) atoms. The number of ether oxygens (including phenoxy) is 1. The minimum Gasteiger partial charge on any atom is -0.486 e. The van der Waals surface area contributed by atoms with E-state index >= 15 is 0 Å². The molecule has 7 heteroatoms. The fourth-order valence-corrected chi connectivity index (χ4v) is 2.67. The number of nitrogens with zero attached hydrogens (tertiary/aromatic N) is 2. The van der Waals surface area contributed by atoms with Gasteiger partial charge in [0, 0.05) is 30.1 Å². The number of aromatic nitrogens is 2. The van der Waals surface area contributed by atoms with Crippen molar-refractivity contribution in [1.29, 1.82) is 0 Å². The van der Waals surface area contributed by atoms with Crippen molar-refractivity contribution >= 4 is 11.7 Å². The van der Waals surface area contributed by atoms with Crippen molar-refractivity contribution in [3.8, 4) is 5.75 Å². The summed E-state index contributed by atoms with van der Waals surface area (Å²) in [6.07, 6.45) is 4.15. The Hall–Kier alpha value is -3.48. The molecule has 0 spiro atoms. The maximum Gasteiger partial charge on any atom is 0.273 e. The molecule has 7 nitrogen and oxygen atoms in total. The summed E-state index contributed by atoms with van der Waals surface area (Å²) < 4.78 is 10.8. The van der Waals surface area contributed by atoms with Crippen LogP contribution in [-0.4, -0.2) is 27.9 Å². The number of pyridine rings is 1. The summed E-state index contributed by atoms with van der Waals surface area (Å²) in [5, 5.41) is 6.68. The molecule has 144 valence electrons. The molecule has 0 saturated heterocycles. The van der Waals surface area contributed by atoms with Gasteiger partial charge in [-0.1, -0.05) is 23.4 Å². The van der Waals surface area contributed by atoms with E-state index in [1.807, 2.05) is 19.1 Å². The standard InChI is InChI=1S/C21H21N3O4/c1-14(9-16-5-4-8-22-12-16)23-21(26)20-11-19(28-24-20)13-27-18-7-3-6-17(10-18)15(2)25/h3-8,10-12,14H,9,13H2,1-2H3,(H,23,26)/t14-/m0/s1. The van der Waals surface area contributed by atoms with Crippen molar-refractivity contribution < 1.29 is 18.8 Å². The van der Waals surface area contributed by atoms with E-state index in [4.69, 9.17) is 9.26 Å². The third-order valence-corrected chi connectivity index (χ3v) is 4.06. The first-order chi connectivity index (χ1) is 13.5. The average Bonchev–Trinajstić information content (AvgIpc) is 3.16. The van der Waals surface area contributed by atoms with Crippen molar-refractivity contribution in [2.24, 2.45) is 0 Å². The highest BCUT2D eigenvalue weighted by Gasteiger charge is 2.15. The topological polar surface area (TPSA) is 94.3 Å². The SMILES string of the molecule is CC(=O)c1cccc(OCc2cc(C(=O)N[C@@H](C)Cc3cccnc3)no2)c1. The molecule has 0 saturated carbocycles. The van der Waals surface area contributed by atoms with E-state index in [1.165, 1.54) is 6.92 Å². The van der Waals surface area contributed by atoms with Crippen LogP contribution in [-0.2, 0) is 13.0 Å². The zero-order valence-corrected chi connectivity index (χ0v) is 15.7. The van der Waals surface area contributed by atoms with Crippen LogP contribution in [0.1, 0.15) is 46.0 Å². The summed E-state index contributed by atoms with van der Waals surface area (Å²) in [6.45, 7) is 3.51. The van der Waals surface area contributed by atoms with Gasteiger partial charge in [-0.05, 0) is 44.0 Å². The predicted octanol–water partition coefficient (Wildman–Crippen LogP) is 3.21. The maximum atomic E-state index is 12.3. The summed E-state index contributed by atoms with van der Waals surface area (Å²) in [4.78, 5) is 27.8. The lowest BCUT2D eigenvalue weighted by molar-refractivity contribution is 0.0930. The zero-order valence-electron chi connectivity index (χ0n) is 15.7. The van der Waals surface area contributed by atoms with Gasteiger partial charge >= 0.3 is 0 Å². The quantitative estimate of drug-likeness (QED) is 0.604. The Bertz CT molecular complexity index is 953. The second-order valence-corrected chi connectivity index (χ2v) is 6.49. The monoisotopic (exact) mass is 379 g/mol. The largest absolute Gasteiger partial charge is 0.486 e. The van der Waals surface area contributed by atoms with E-state index in [9.17, 15) is 9.59 Å². The number of nitrogens with one attached hydrogen (secondary N) is 1. The van der Waals surface area contributed by atoms with Crippen molar-refractivity contribution in [2.75, 3.05) is 0 Å². The van der Waals surface area contributed by atoms with Gasteiger partial charge in [0.25, 0.3) is 5.91 Å². The van der Waals surface area contributed by atoms with Crippen molar-refractivity contribution in [3.63, 3.8) is 0 Å². The van der Waals surface area contributed by atoms with Gasteiger partial charge in [0.1, 0.15) is 12.4 Å². The van der Waals surface area contributed by atoms with Gasteiger partial charge in [-0.15, -0.1) is 0 Å². The van der Waals surface area contributed by atoms with Gasteiger partial charge in [0.05, 0.1) is 0 Å². The first-order valence-corrected chi connectivity index (χ1v) is 8.90. The van der Waals surface area contributed by atoms with Crippen molar-refractivity contribution in [3.05, 3.63) is 77.4 Å². The minimum atomic E-state index is -0.315. The first-order valence-electron chi connectivity index (χ1n) is 8.90. The molecular weight excluding hydrogens is 358 g/mol. The molecule has 2 heterocycles. The highest BCUT2D eigenvalue weighted by molar-refractivity contribution is 5.94. The van der Waals surface area contributed by atoms with Crippen LogP contribution in [0.2, 0.25) is 0 Å². The lowest BCUT2D eigenvalue weighted by Gasteiger charge is -2.12. The molecule has 0 aliphatic carbocycles. The number of benzene rings is 1. The molecule has 3 rings (SSSR count). The molecule has 0 radical (unpaired) electrons. The molecule has 0 fully saturated rings. The predicted molar refractivity (Wildman–Crippen MR) is 102 cm³/mol. The number of amides is 1. The van der Waals surface area contributed by atoms with Crippen LogP contribution in [0.4, 0.5) is 0 Å². The molecule has 3 aromatic rings. The molecule has 0 aliphatic heterocycles. The molecule has 1 atom stereocenters. The van der Waals surface area contributed by atoms with Gasteiger partial charge in [-0.2, -0.15) is 0 Å². The van der Waals surface area contributed by atoms with Crippen LogP contribution >= 0.6 is 0 Å². The molecule has 2 aromatic heterocycles. The zero-order chi connectivity index (χ0) is 19.9. The van der Waals surface area contributed by atoms with Crippen LogP contribution < -0.4 is 10.1 Å². The third kappa shape index (κ3) is 5.26. The fraction of sp³-hybridized carbons (Fsp3) is 0.238. The summed E-state index contributed by atoms with van der Waals surface area (Å²) >= 11 is 0. The third-order valence-electron chi connectivity index (χ3n) is 4.06. The average molecular weight is 379 g/mol. The van der Waals surface area contributed by atoms with Crippen molar-refractivity contribution in [2.45, 2.75) is 32.9 Å². The molecule has 0 aliphatic rings. The molecule has 0 unspecified atom stereocenters. The highest BCUT2D eigenvalue weighted by atomic mass is 16.5. The summed E-state index contributed by atoms with van der Waals surface area (Å²) in [5.74, 6) is 0.605. The second kappa shape index (κ2) is 8.94. The van der Waals surface area contributed by atoms with Crippen LogP contribution in [0, 0.1) is 0 Å². The Balaban J connectivity index is 1.53. The van der Waals surface area contributed by atoms with E-state index in [1.54, 1.807) is 42.7 Å². The van der Waals surface area contributed by atoms with Crippen LogP contribution in [0.3, 0.4) is 0 Å². The fourth-order valence-electron chi connectivity index (χ4n) is 2.67. The van der Waals surface area contributed by atoms with Gasteiger partial charge in [-0.3, -0.25) is 14.6 Å². The number of rotatable bonds is 8. The number of hydrogen-bond donors (Lipinski definition) is 1. The lowest BCUT2D eigenvalue weighted by Crippen LogP contribution is -2.34. The molecule has 1 aromatic carbocycles. The van der Waals surface area contributed by atoms with E-state index in [0.29, 0.717) is 23.5 Å². The van der Waals surface area contributed by atoms with Crippen LogP contribution in [0.5, 0.6) is 5.75 Å². The number of hydrogen-bond acceptors (Lipinski definition) is 6. The molecule has 0 bridgehead atoms. The lowest BCUT2D eigenvalue weighted by atomic mass is 10.1. The van der Waals surface area contributed by atoms with Crippen molar-refractivity contribution in [1.82, 2.24) is 15.5 Å². The second-order valence-electron chi connectivity index (χ2n) is 6.49. The van der Waals surface area contributed by atoms with Gasteiger partial charge in [-0.25, -0.2) is 0 Å². The number of Topliss-reactive ketones (excluding diaryl/α,β-unsaturated/α-hetero) is 1. The Morgan fingerprint density at radius 1 is 1.21 bits per heavy atom. The highest BCUT2D eigenvalue weighted by Crippen LogP contribution is 2.16. The van der Waals surface area contributed by atoms with E-state index in [0.717, 1.165) is 5.56 Å². The summed E-state index contributed by atoms with van der Waals surface area (Å²) in [7, 11) is 0. The molecule has 1 N–H and O–H groups in total. The number of carbonyl (C=O) groups excluding carboxylic acids is 2. The van der Waals surface area contributed by atoms with Crippen LogP contribution in [0.25, 0.3) is 0 Å². The van der Waals surface area contributed by atoms with Gasteiger partial charge < -0.3 is 14.6 Å². The molecular formula is C21H21N3O4. The van der Waals surface area contributed by atoms with Gasteiger partial charge in [0.15, 0.2) is 17.2 Å². The van der Waals surface area contributed by atoms with E-state index < -0.39 is 0 Å². The Labute approximate surface area is 162 Å². The summed E-state index contributed by atoms with van der Waals surface area (Å²) in [5.41, 5.74) is 1.80. The van der Waals surface area contributed by atoms with Crippen LogP contribution in [0.15, 0.2) is 59.4 Å². The molecule has 1 amide bonds. The number of ketones is 1. The van der Waals surface area contributed by atoms with E-state index in [2.05, 4.69) is 15.5 Å². The minimum absolute atomic E-state index is 0.0375. The first kappa shape index (κ1) is 19.3.